The second kappa shape index (κ2) is 8.62. The zero-order valence-corrected chi connectivity index (χ0v) is 18.9. The Morgan fingerprint density at radius 3 is 2.42 bits per heavy atom. The molecule has 0 spiro atoms. The third-order valence-corrected chi connectivity index (χ3v) is 7.25. The molecule has 0 aliphatic carbocycles. The number of alkyl halides is 3. The van der Waals surface area contributed by atoms with Gasteiger partial charge in [-0.15, -0.1) is 0 Å². The molecule has 2 aromatic rings. The summed E-state index contributed by atoms with van der Waals surface area (Å²) in [5.41, 5.74) is 1.35. The number of allylic oxidation sites excluding steroid dienone is 3. The first-order valence-electron chi connectivity index (χ1n) is 10.5. The van der Waals surface area contributed by atoms with E-state index in [1.165, 1.54) is 18.2 Å². The van der Waals surface area contributed by atoms with Crippen LogP contribution in [0.25, 0.3) is 5.70 Å². The Bertz CT molecular complexity index is 1260. The minimum atomic E-state index is -4.45. The highest BCUT2D eigenvalue weighted by Crippen LogP contribution is 2.41. The fourth-order valence-electron chi connectivity index (χ4n) is 3.89. The van der Waals surface area contributed by atoms with Crippen molar-refractivity contribution >= 4 is 15.5 Å². The zero-order chi connectivity index (χ0) is 23.8. The van der Waals surface area contributed by atoms with E-state index in [1.54, 1.807) is 54.4 Å². The van der Waals surface area contributed by atoms with Gasteiger partial charge >= 0.3 is 6.18 Å². The van der Waals surface area contributed by atoms with Crippen LogP contribution in [0.15, 0.2) is 83.0 Å². The number of halogens is 3. The fraction of sp³-hybridized carbons (Fsp3) is 0.250. The quantitative estimate of drug-likeness (QED) is 0.588. The minimum absolute atomic E-state index is 0.0221. The highest BCUT2D eigenvalue weighted by Gasteiger charge is 2.45. The van der Waals surface area contributed by atoms with E-state index >= 15 is 0 Å². The monoisotopic (exact) mass is 476 g/mol. The molecule has 4 rings (SSSR count). The number of hydrogen-bond acceptors (Lipinski definition) is 5. The Kier molecular flexibility index (Phi) is 6.00. The van der Waals surface area contributed by atoms with Gasteiger partial charge in [-0.3, -0.25) is 0 Å². The summed E-state index contributed by atoms with van der Waals surface area (Å²) in [4.78, 5) is 1.75. The summed E-state index contributed by atoms with van der Waals surface area (Å²) in [6, 6.07) is 13.2. The van der Waals surface area contributed by atoms with Crippen molar-refractivity contribution in [1.82, 2.24) is 10.2 Å². The maximum absolute atomic E-state index is 13.5. The number of benzene rings is 2. The molecule has 0 radical (unpaired) electrons. The van der Waals surface area contributed by atoms with Crippen molar-refractivity contribution in [2.45, 2.75) is 37.5 Å². The number of hydrogen-bond donors (Lipinski definition) is 1. The van der Waals surface area contributed by atoms with E-state index < -0.39 is 27.8 Å². The van der Waals surface area contributed by atoms with Gasteiger partial charge in [-0.2, -0.15) is 13.2 Å². The largest absolute Gasteiger partial charge is 0.457 e. The Morgan fingerprint density at radius 2 is 1.76 bits per heavy atom. The number of rotatable bonds is 6. The maximum Gasteiger partial charge on any atom is 0.416 e. The predicted octanol–water partition coefficient (Wildman–Crippen LogP) is 5.60. The van der Waals surface area contributed by atoms with Crippen molar-refractivity contribution in [2.24, 2.45) is 0 Å². The summed E-state index contributed by atoms with van der Waals surface area (Å²) in [6.07, 6.45) is -0.869. The maximum atomic E-state index is 13.5. The lowest BCUT2D eigenvalue weighted by Crippen LogP contribution is -2.42. The van der Waals surface area contributed by atoms with Crippen LogP contribution in [0.3, 0.4) is 0 Å². The normalized spacial score (nSPS) is 18.2. The molecule has 0 bridgehead atoms. The van der Waals surface area contributed by atoms with Crippen molar-refractivity contribution in [2.75, 3.05) is 5.75 Å². The van der Waals surface area contributed by atoms with Gasteiger partial charge in [0.2, 0.25) is 0 Å². The molecule has 2 heterocycles. The molecule has 0 fully saturated rings. The lowest BCUT2D eigenvalue weighted by atomic mass is 10.1. The summed E-state index contributed by atoms with van der Waals surface area (Å²) in [6.45, 7) is 3.45. The lowest BCUT2D eigenvalue weighted by molar-refractivity contribution is -0.0995. The molecule has 0 amide bonds. The molecule has 9 heteroatoms. The van der Waals surface area contributed by atoms with E-state index in [2.05, 4.69) is 5.32 Å². The summed E-state index contributed by atoms with van der Waals surface area (Å²) in [7, 11) is -3.38. The predicted molar refractivity (Wildman–Crippen MR) is 120 cm³/mol. The molecule has 1 atom stereocenters. The first kappa shape index (κ1) is 23.0. The summed E-state index contributed by atoms with van der Waals surface area (Å²) < 4.78 is 70.9. The van der Waals surface area contributed by atoms with Gasteiger partial charge in [0.15, 0.2) is 9.84 Å². The van der Waals surface area contributed by atoms with Crippen molar-refractivity contribution in [3.63, 3.8) is 0 Å². The van der Waals surface area contributed by atoms with Gasteiger partial charge in [-0.05, 0) is 48.9 Å². The smallest absolute Gasteiger partial charge is 0.416 e. The van der Waals surface area contributed by atoms with E-state index in [-0.39, 0.29) is 10.6 Å². The van der Waals surface area contributed by atoms with E-state index in [4.69, 9.17) is 4.74 Å². The average Bonchev–Trinajstić information content (AvgIpc) is 3.17. The molecule has 5 nitrogen and oxygen atoms in total. The molecule has 174 valence electrons. The third-order valence-electron chi connectivity index (χ3n) is 5.52. The Labute approximate surface area is 190 Å². The van der Waals surface area contributed by atoms with E-state index in [0.717, 1.165) is 6.08 Å². The zero-order valence-electron chi connectivity index (χ0n) is 18.1. The van der Waals surface area contributed by atoms with Gasteiger partial charge in [0.1, 0.15) is 17.7 Å². The van der Waals surface area contributed by atoms with Crippen LogP contribution in [-0.4, -0.2) is 31.4 Å². The summed E-state index contributed by atoms with van der Waals surface area (Å²) in [5, 5.41) is 3.01. The van der Waals surface area contributed by atoms with Crippen molar-refractivity contribution < 1.29 is 26.3 Å². The van der Waals surface area contributed by atoms with Gasteiger partial charge < -0.3 is 15.0 Å². The molecule has 1 unspecified atom stereocenters. The number of nitrogens with one attached hydrogen (secondary N) is 1. The highest BCUT2D eigenvalue weighted by atomic mass is 32.2. The van der Waals surface area contributed by atoms with E-state index in [9.17, 15) is 21.6 Å². The molecule has 0 saturated carbocycles. The Hall–Kier alpha value is -3.20. The Balaban J connectivity index is 1.65. The molecule has 0 saturated heterocycles. The van der Waals surface area contributed by atoms with Crippen LogP contribution < -0.4 is 10.1 Å². The number of fused-ring (bicyclic) bond motifs is 1. The summed E-state index contributed by atoms with van der Waals surface area (Å²) >= 11 is 0. The second-order valence-corrected chi connectivity index (χ2v) is 9.88. The van der Waals surface area contributed by atoms with Crippen LogP contribution in [0.5, 0.6) is 11.5 Å². The fourth-order valence-corrected chi connectivity index (χ4v) is 4.80. The van der Waals surface area contributed by atoms with Crippen LogP contribution in [0.4, 0.5) is 13.2 Å². The second-order valence-electron chi connectivity index (χ2n) is 7.60. The lowest BCUT2D eigenvalue weighted by Gasteiger charge is -2.31. The van der Waals surface area contributed by atoms with Gasteiger partial charge in [0.05, 0.1) is 21.9 Å². The van der Waals surface area contributed by atoms with Crippen molar-refractivity contribution in [3.05, 3.63) is 83.7 Å². The Morgan fingerprint density at radius 1 is 1.06 bits per heavy atom. The van der Waals surface area contributed by atoms with Crippen molar-refractivity contribution in [3.8, 4) is 11.5 Å². The first-order valence-corrected chi connectivity index (χ1v) is 12.1. The van der Waals surface area contributed by atoms with Gasteiger partial charge in [-0.25, -0.2) is 8.42 Å². The SMILES string of the molecule is CCC1=C(c2cccc(Oc3cccc(S(=O)(=O)CC)c3)c2)N2C=CC=C(C(F)(F)F)C2N1. The minimum Gasteiger partial charge on any atom is -0.457 e. The van der Waals surface area contributed by atoms with Gasteiger partial charge in [0.25, 0.3) is 0 Å². The van der Waals surface area contributed by atoms with Crippen LogP contribution in [-0.2, 0) is 9.84 Å². The number of ether oxygens (including phenoxy) is 1. The number of nitrogens with zero attached hydrogens (tertiary/aromatic N) is 1. The number of sulfone groups is 1. The molecular formula is C24H23F3N2O3S. The van der Waals surface area contributed by atoms with Crippen LogP contribution in [0, 0.1) is 0 Å². The first-order chi connectivity index (χ1) is 15.6. The van der Waals surface area contributed by atoms with E-state index in [1.807, 2.05) is 6.92 Å². The molecule has 33 heavy (non-hydrogen) atoms. The molecule has 0 aromatic heterocycles. The van der Waals surface area contributed by atoms with Gasteiger partial charge in [-0.1, -0.05) is 32.0 Å². The summed E-state index contributed by atoms with van der Waals surface area (Å²) in [5.74, 6) is 0.776. The average molecular weight is 477 g/mol. The molecular weight excluding hydrogens is 453 g/mol. The van der Waals surface area contributed by atoms with Gasteiger partial charge in [0, 0.05) is 17.5 Å². The molecule has 2 aliphatic rings. The van der Waals surface area contributed by atoms with E-state index in [0.29, 0.717) is 34.9 Å². The standard InChI is InChI=1S/C24H23F3N2O3S/c1-3-21-22(29-13-7-12-20(23(29)28-21)24(25,26)27)16-8-5-9-17(14-16)32-18-10-6-11-19(15-18)33(30,31)4-2/h5-15,23,28H,3-4H2,1-2H3. The van der Waals surface area contributed by atoms with Crippen LogP contribution in [0.1, 0.15) is 25.8 Å². The van der Waals surface area contributed by atoms with Crippen LogP contribution in [0.2, 0.25) is 0 Å². The molecule has 2 aromatic carbocycles. The highest BCUT2D eigenvalue weighted by molar-refractivity contribution is 7.91. The molecule has 1 N–H and O–H groups in total. The third kappa shape index (κ3) is 4.50. The topological polar surface area (TPSA) is 58.6 Å². The van der Waals surface area contributed by atoms with Crippen molar-refractivity contribution in [1.29, 1.82) is 0 Å². The molecule has 2 aliphatic heterocycles. The van der Waals surface area contributed by atoms with Crippen LogP contribution >= 0.6 is 0 Å².